The molecule has 37 heavy (non-hydrogen) atoms. The van der Waals surface area contributed by atoms with Gasteiger partial charge in [-0.05, 0) is 37.0 Å². The minimum absolute atomic E-state index is 0.156. The first kappa shape index (κ1) is 28.3. The summed E-state index contributed by atoms with van der Waals surface area (Å²) < 4.78 is 25.3. The van der Waals surface area contributed by atoms with Crippen molar-refractivity contribution in [2.24, 2.45) is 0 Å². The number of aromatic nitrogens is 2. The van der Waals surface area contributed by atoms with Gasteiger partial charge in [0.2, 0.25) is 0 Å². The maximum absolute atomic E-state index is 14.4. The first-order valence-electron chi connectivity index (χ1n) is 13.7. The van der Waals surface area contributed by atoms with E-state index in [0.717, 1.165) is 31.2 Å². The van der Waals surface area contributed by atoms with Crippen LogP contribution in [0.4, 0.5) is 4.39 Å². The molecule has 0 unspecified atom stereocenters. The van der Waals surface area contributed by atoms with Crippen LogP contribution in [0.25, 0.3) is 11.4 Å². The lowest BCUT2D eigenvalue weighted by Gasteiger charge is -2.09. The van der Waals surface area contributed by atoms with Crippen LogP contribution >= 0.6 is 0 Å². The fraction of sp³-hybridized carbons (Fsp3) is 0.452. The molecule has 198 valence electrons. The minimum Gasteiger partial charge on any atom is -0.493 e. The highest BCUT2D eigenvalue weighted by Gasteiger charge is 2.16. The molecule has 0 spiro atoms. The Morgan fingerprint density at radius 1 is 0.784 bits per heavy atom. The van der Waals surface area contributed by atoms with E-state index in [4.69, 9.17) is 9.47 Å². The quantitative estimate of drug-likeness (QED) is 0.144. The zero-order valence-corrected chi connectivity index (χ0v) is 22.2. The molecule has 0 saturated carbocycles. The third kappa shape index (κ3) is 9.60. The molecule has 0 aliphatic rings. The number of ether oxygens (including phenoxy) is 2. The molecule has 0 atom stereocenters. The predicted octanol–water partition coefficient (Wildman–Crippen LogP) is 8.36. The topological polar surface area (TPSA) is 61.3 Å². The fourth-order valence-corrected chi connectivity index (χ4v) is 4.08. The molecule has 0 bridgehead atoms. The molecular weight excluding hydrogens is 467 g/mol. The Kier molecular flexibility index (Phi) is 12.0. The van der Waals surface area contributed by atoms with Crippen LogP contribution < -0.4 is 9.47 Å². The van der Waals surface area contributed by atoms with Crippen molar-refractivity contribution < 1.29 is 18.7 Å². The van der Waals surface area contributed by atoms with E-state index >= 15 is 0 Å². The third-order valence-electron chi connectivity index (χ3n) is 6.30. The lowest BCUT2D eigenvalue weighted by Crippen LogP contribution is -2.11. The van der Waals surface area contributed by atoms with Crippen LogP contribution in [0.15, 0.2) is 54.9 Å². The number of hydrogen-bond acceptors (Lipinski definition) is 5. The molecule has 0 saturated heterocycles. The van der Waals surface area contributed by atoms with Gasteiger partial charge in [0.1, 0.15) is 11.6 Å². The second-order valence-electron chi connectivity index (χ2n) is 9.40. The van der Waals surface area contributed by atoms with E-state index in [0.29, 0.717) is 18.2 Å². The third-order valence-corrected chi connectivity index (χ3v) is 6.30. The van der Waals surface area contributed by atoms with Crippen molar-refractivity contribution >= 4 is 5.97 Å². The molecule has 1 heterocycles. The molecule has 0 aliphatic heterocycles. The number of aryl methyl sites for hydroxylation is 1. The van der Waals surface area contributed by atoms with Crippen LogP contribution in [0.2, 0.25) is 0 Å². The molecule has 6 heteroatoms. The van der Waals surface area contributed by atoms with Crippen molar-refractivity contribution in [2.75, 3.05) is 6.61 Å². The van der Waals surface area contributed by atoms with Gasteiger partial charge in [-0.3, -0.25) is 0 Å². The summed E-state index contributed by atoms with van der Waals surface area (Å²) in [4.78, 5) is 21.1. The average molecular weight is 507 g/mol. The van der Waals surface area contributed by atoms with Gasteiger partial charge in [-0.1, -0.05) is 89.5 Å². The number of unbranched alkanes of at least 4 members (excludes halogenated alkanes) is 8. The SMILES string of the molecule is CCCCCCCCCc1ccc(-c2ncc(OC(=O)c3ccc(OCCCCC)cc3F)cn2)cc1. The Hall–Kier alpha value is -3.28. The highest BCUT2D eigenvalue weighted by Crippen LogP contribution is 2.21. The molecule has 1 aromatic heterocycles. The summed E-state index contributed by atoms with van der Waals surface area (Å²) in [7, 11) is 0. The van der Waals surface area contributed by atoms with Crippen LogP contribution in [0, 0.1) is 5.82 Å². The minimum atomic E-state index is -0.805. The normalized spacial score (nSPS) is 10.9. The summed E-state index contributed by atoms with van der Waals surface area (Å²) in [6, 6.07) is 12.4. The summed E-state index contributed by atoms with van der Waals surface area (Å²) >= 11 is 0. The van der Waals surface area contributed by atoms with Crippen molar-refractivity contribution in [3.05, 3.63) is 71.8 Å². The summed E-state index contributed by atoms with van der Waals surface area (Å²) in [6.07, 6.45) is 16.1. The predicted molar refractivity (Wildman–Crippen MR) is 146 cm³/mol. The average Bonchev–Trinajstić information content (AvgIpc) is 2.91. The first-order valence-corrected chi connectivity index (χ1v) is 13.7. The Balaban J connectivity index is 1.48. The van der Waals surface area contributed by atoms with Gasteiger partial charge >= 0.3 is 5.97 Å². The molecular formula is C31H39FN2O3. The van der Waals surface area contributed by atoms with Crippen molar-refractivity contribution in [3.63, 3.8) is 0 Å². The number of carbonyl (C=O) groups excluding carboxylic acids is 1. The lowest BCUT2D eigenvalue weighted by atomic mass is 10.0. The Morgan fingerprint density at radius 3 is 2.11 bits per heavy atom. The van der Waals surface area contributed by atoms with Crippen molar-refractivity contribution in [1.82, 2.24) is 9.97 Å². The van der Waals surface area contributed by atoms with E-state index in [1.807, 2.05) is 12.1 Å². The molecule has 0 aliphatic carbocycles. The molecule has 2 aromatic carbocycles. The first-order chi connectivity index (χ1) is 18.1. The summed E-state index contributed by atoms with van der Waals surface area (Å²) in [5.74, 6) is -0.402. The van der Waals surface area contributed by atoms with Gasteiger partial charge in [-0.25, -0.2) is 19.2 Å². The van der Waals surface area contributed by atoms with Crippen LogP contribution in [-0.2, 0) is 6.42 Å². The lowest BCUT2D eigenvalue weighted by molar-refractivity contribution is 0.0728. The van der Waals surface area contributed by atoms with Gasteiger partial charge in [0.15, 0.2) is 11.6 Å². The van der Waals surface area contributed by atoms with Gasteiger partial charge in [0.25, 0.3) is 0 Å². The van der Waals surface area contributed by atoms with E-state index in [9.17, 15) is 9.18 Å². The second kappa shape index (κ2) is 15.7. The number of nitrogens with zero attached hydrogens (tertiary/aromatic N) is 2. The Labute approximate surface area is 220 Å². The number of benzene rings is 2. The number of hydrogen-bond donors (Lipinski definition) is 0. The van der Waals surface area contributed by atoms with Crippen LogP contribution in [-0.4, -0.2) is 22.5 Å². The van der Waals surface area contributed by atoms with E-state index in [-0.39, 0.29) is 11.3 Å². The van der Waals surface area contributed by atoms with E-state index in [1.165, 1.54) is 75.0 Å². The fourth-order valence-electron chi connectivity index (χ4n) is 4.08. The Morgan fingerprint density at radius 2 is 1.43 bits per heavy atom. The summed E-state index contributed by atoms with van der Waals surface area (Å²) in [6.45, 7) is 4.86. The van der Waals surface area contributed by atoms with Crippen LogP contribution in [0.3, 0.4) is 0 Å². The van der Waals surface area contributed by atoms with Crippen molar-refractivity contribution in [1.29, 1.82) is 0 Å². The summed E-state index contributed by atoms with van der Waals surface area (Å²) in [5.41, 5.74) is 2.03. The summed E-state index contributed by atoms with van der Waals surface area (Å²) in [5, 5.41) is 0. The second-order valence-corrected chi connectivity index (χ2v) is 9.40. The largest absolute Gasteiger partial charge is 0.493 e. The molecule has 5 nitrogen and oxygen atoms in total. The molecule has 0 radical (unpaired) electrons. The van der Waals surface area contributed by atoms with Gasteiger partial charge in [-0.2, -0.15) is 0 Å². The Bertz CT molecular complexity index is 1080. The van der Waals surface area contributed by atoms with Crippen LogP contribution in [0.1, 0.15) is 94.0 Å². The monoisotopic (exact) mass is 506 g/mol. The number of halogens is 1. The van der Waals surface area contributed by atoms with Gasteiger partial charge in [0, 0.05) is 11.6 Å². The standard InChI is InChI=1S/C31H39FN2O3/c1-3-5-7-8-9-10-11-13-24-14-16-25(17-15-24)30-33-22-27(23-34-30)37-31(35)28-19-18-26(21-29(28)32)36-20-12-6-4-2/h14-19,21-23H,3-13,20H2,1-2H3. The number of rotatable bonds is 16. The highest BCUT2D eigenvalue weighted by molar-refractivity contribution is 5.91. The highest BCUT2D eigenvalue weighted by atomic mass is 19.1. The smallest absolute Gasteiger partial charge is 0.346 e. The maximum Gasteiger partial charge on any atom is 0.346 e. The van der Waals surface area contributed by atoms with Gasteiger partial charge in [0.05, 0.1) is 24.6 Å². The molecule has 3 rings (SSSR count). The van der Waals surface area contributed by atoms with Gasteiger partial charge < -0.3 is 9.47 Å². The van der Waals surface area contributed by atoms with Crippen molar-refractivity contribution in [3.8, 4) is 22.9 Å². The number of carbonyl (C=O) groups is 1. The van der Waals surface area contributed by atoms with E-state index < -0.39 is 11.8 Å². The molecule has 3 aromatic rings. The van der Waals surface area contributed by atoms with Crippen molar-refractivity contribution in [2.45, 2.75) is 84.5 Å². The molecule has 0 amide bonds. The number of esters is 1. The molecule has 0 N–H and O–H groups in total. The zero-order chi connectivity index (χ0) is 26.3. The zero-order valence-electron chi connectivity index (χ0n) is 22.2. The van der Waals surface area contributed by atoms with E-state index in [2.05, 4.69) is 35.9 Å². The van der Waals surface area contributed by atoms with Crippen LogP contribution in [0.5, 0.6) is 11.5 Å². The van der Waals surface area contributed by atoms with Gasteiger partial charge in [-0.15, -0.1) is 0 Å². The molecule has 0 fully saturated rings. The van der Waals surface area contributed by atoms with E-state index in [1.54, 1.807) is 6.07 Å². The maximum atomic E-state index is 14.4.